The fourth-order valence-corrected chi connectivity index (χ4v) is 2.90. The van der Waals surface area contributed by atoms with Crippen molar-refractivity contribution in [3.8, 4) is 0 Å². The summed E-state index contributed by atoms with van der Waals surface area (Å²) >= 11 is 5.81. The molecule has 2 amide bonds. The minimum absolute atomic E-state index is 0.0766. The molecular formula is C17H24ClN3O2. The summed E-state index contributed by atoms with van der Waals surface area (Å²) in [6.45, 7) is 7.07. The van der Waals surface area contributed by atoms with Crippen LogP contribution in [0.25, 0.3) is 0 Å². The molecule has 2 atom stereocenters. The highest BCUT2D eigenvalue weighted by atomic mass is 35.5. The van der Waals surface area contributed by atoms with Gasteiger partial charge in [-0.05, 0) is 43.0 Å². The average Bonchev–Trinajstić information content (AvgIpc) is 2.49. The molecule has 5 nitrogen and oxygen atoms in total. The molecule has 1 aliphatic rings. The molecule has 126 valence electrons. The van der Waals surface area contributed by atoms with Gasteiger partial charge in [0.05, 0.1) is 0 Å². The first kappa shape index (κ1) is 17.8. The van der Waals surface area contributed by atoms with E-state index in [9.17, 15) is 9.59 Å². The van der Waals surface area contributed by atoms with Crippen molar-refractivity contribution in [2.24, 2.45) is 11.1 Å². The maximum Gasteiger partial charge on any atom is 0.251 e. The van der Waals surface area contributed by atoms with E-state index in [4.69, 9.17) is 17.3 Å². The zero-order valence-electron chi connectivity index (χ0n) is 13.8. The van der Waals surface area contributed by atoms with Crippen molar-refractivity contribution in [2.45, 2.75) is 39.3 Å². The number of piperidine rings is 1. The highest BCUT2D eigenvalue weighted by Crippen LogP contribution is 2.28. The molecule has 1 aromatic rings. The second-order valence-electron chi connectivity index (χ2n) is 6.85. The van der Waals surface area contributed by atoms with Crippen molar-refractivity contribution in [3.63, 3.8) is 0 Å². The normalized spacial score (nSPS) is 21.6. The van der Waals surface area contributed by atoms with Gasteiger partial charge in [0.25, 0.3) is 5.91 Å². The maximum absolute atomic E-state index is 12.6. The van der Waals surface area contributed by atoms with Crippen LogP contribution in [0.5, 0.6) is 0 Å². The SMILES string of the molecule is CC(NC(=O)c1ccc(Cl)cc1)C(=O)N1CCC(N)C(C)(C)C1. The van der Waals surface area contributed by atoms with Gasteiger partial charge >= 0.3 is 0 Å². The molecule has 2 unspecified atom stereocenters. The van der Waals surface area contributed by atoms with Gasteiger partial charge < -0.3 is 16.0 Å². The molecule has 1 aliphatic heterocycles. The zero-order chi connectivity index (χ0) is 17.2. The van der Waals surface area contributed by atoms with Gasteiger partial charge in [0.1, 0.15) is 6.04 Å². The van der Waals surface area contributed by atoms with Crippen molar-refractivity contribution in [2.75, 3.05) is 13.1 Å². The number of nitrogens with zero attached hydrogens (tertiary/aromatic N) is 1. The molecule has 0 spiro atoms. The summed E-state index contributed by atoms with van der Waals surface area (Å²) in [4.78, 5) is 26.5. The van der Waals surface area contributed by atoms with Gasteiger partial charge in [0.15, 0.2) is 0 Å². The van der Waals surface area contributed by atoms with Gasteiger partial charge in [-0.3, -0.25) is 9.59 Å². The summed E-state index contributed by atoms with van der Waals surface area (Å²) in [7, 11) is 0. The van der Waals surface area contributed by atoms with Crippen LogP contribution < -0.4 is 11.1 Å². The fourth-order valence-electron chi connectivity index (χ4n) is 2.78. The molecule has 0 bridgehead atoms. The lowest BCUT2D eigenvalue weighted by Crippen LogP contribution is -2.57. The summed E-state index contributed by atoms with van der Waals surface area (Å²) in [5.41, 5.74) is 6.47. The highest BCUT2D eigenvalue weighted by molar-refractivity contribution is 6.30. The Kier molecular flexibility index (Phi) is 5.32. The molecule has 3 N–H and O–H groups in total. The van der Waals surface area contributed by atoms with E-state index in [0.29, 0.717) is 23.7 Å². The third-order valence-electron chi connectivity index (χ3n) is 4.45. The number of carbonyl (C=O) groups excluding carboxylic acids is 2. The predicted molar refractivity (Wildman–Crippen MR) is 91.3 cm³/mol. The lowest BCUT2D eigenvalue weighted by molar-refractivity contribution is -0.136. The van der Waals surface area contributed by atoms with E-state index in [2.05, 4.69) is 19.2 Å². The first-order chi connectivity index (χ1) is 10.7. The van der Waals surface area contributed by atoms with E-state index in [1.807, 2.05) is 0 Å². The van der Waals surface area contributed by atoms with E-state index in [1.165, 1.54) is 0 Å². The van der Waals surface area contributed by atoms with E-state index < -0.39 is 6.04 Å². The number of benzene rings is 1. The average molecular weight is 338 g/mol. The molecule has 2 rings (SSSR count). The van der Waals surface area contributed by atoms with Crippen LogP contribution in [0.2, 0.25) is 5.02 Å². The molecule has 0 saturated carbocycles. The number of nitrogens with one attached hydrogen (secondary N) is 1. The largest absolute Gasteiger partial charge is 0.341 e. The molecule has 1 aromatic carbocycles. The molecule has 1 fully saturated rings. The van der Waals surface area contributed by atoms with E-state index in [1.54, 1.807) is 36.1 Å². The first-order valence-electron chi connectivity index (χ1n) is 7.81. The van der Waals surface area contributed by atoms with Gasteiger partial charge in [0, 0.05) is 29.7 Å². The Morgan fingerprint density at radius 3 is 2.52 bits per heavy atom. The Morgan fingerprint density at radius 2 is 1.96 bits per heavy atom. The third-order valence-corrected chi connectivity index (χ3v) is 4.70. The number of amides is 2. The molecule has 23 heavy (non-hydrogen) atoms. The monoisotopic (exact) mass is 337 g/mol. The van der Waals surface area contributed by atoms with Gasteiger partial charge in [0.2, 0.25) is 5.91 Å². The molecule has 0 radical (unpaired) electrons. The Bertz CT molecular complexity index is 586. The second-order valence-corrected chi connectivity index (χ2v) is 7.28. The van der Waals surface area contributed by atoms with Crippen LogP contribution >= 0.6 is 11.6 Å². The molecule has 0 aliphatic carbocycles. The Hall–Kier alpha value is -1.59. The van der Waals surface area contributed by atoms with E-state index >= 15 is 0 Å². The van der Waals surface area contributed by atoms with Crippen LogP contribution in [-0.4, -0.2) is 41.9 Å². The maximum atomic E-state index is 12.6. The molecule has 0 aromatic heterocycles. The highest BCUT2D eigenvalue weighted by Gasteiger charge is 2.36. The van der Waals surface area contributed by atoms with Crippen molar-refractivity contribution in [1.29, 1.82) is 0 Å². The number of rotatable bonds is 3. The Morgan fingerprint density at radius 1 is 1.35 bits per heavy atom. The van der Waals surface area contributed by atoms with Crippen LogP contribution in [0.4, 0.5) is 0 Å². The molecule has 6 heteroatoms. The van der Waals surface area contributed by atoms with Crippen LogP contribution in [0.3, 0.4) is 0 Å². The van der Waals surface area contributed by atoms with Crippen molar-refractivity contribution in [3.05, 3.63) is 34.9 Å². The smallest absolute Gasteiger partial charge is 0.251 e. The lowest BCUT2D eigenvalue weighted by atomic mass is 9.79. The van der Waals surface area contributed by atoms with E-state index in [-0.39, 0.29) is 23.3 Å². The van der Waals surface area contributed by atoms with Crippen LogP contribution in [0, 0.1) is 5.41 Å². The molecule has 1 saturated heterocycles. The number of hydrogen-bond donors (Lipinski definition) is 2. The summed E-state index contributed by atoms with van der Waals surface area (Å²) in [5.74, 6) is -0.359. The van der Waals surface area contributed by atoms with Crippen LogP contribution in [0.15, 0.2) is 24.3 Å². The van der Waals surface area contributed by atoms with Gasteiger partial charge in [-0.15, -0.1) is 0 Å². The summed E-state index contributed by atoms with van der Waals surface area (Å²) in [5, 5.41) is 3.31. The first-order valence-corrected chi connectivity index (χ1v) is 8.19. The predicted octanol–water partition coefficient (Wildman–Crippen LogP) is 2.04. The summed E-state index contributed by atoms with van der Waals surface area (Å²) in [6, 6.07) is 6.08. The molecule has 1 heterocycles. The minimum Gasteiger partial charge on any atom is -0.341 e. The number of likely N-dealkylation sites (tertiary alicyclic amines) is 1. The van der Waals surface area contributed by atoms with Gasteiger partial charge in [-0.25, -0.2) is 0 Å². The minimum atomic E-state index is -0.580. The second kappa shape index (κ2) is 6.89. The quantitative estimate of drug-likeness (QED) is 0.886. The Labute approximate surface area is 142 Å². The van der Waals surface area contributed by atoms with Crippen molar-refractivity contribution in [1.82, 2.24) is 10.2 Å². The van der Waals surface area contributed by atoms with E-state index in [0.717, 1.165) is 6.42 Å². The zero-order valence-corrected chi connectivity index (χ0v) is 14.6. The summed E-state index contributed by atoms with van der Waals surface area (Å²) < 4.78 is 0. The number of nitrogens with two attached hydrogens (primary N) is 1. The molecular weight excluding hydrogens is 314 g/mol. The number of hydrogen-bond acceptors (Lipinski definition) is 3. The van der Waals surface area contributed by atoms with Crippen molar-refractivity contribution >= 4 is 23.4 Å². The summed E-state index contributed by atoms with van der Waals surface area (Å²) in [6.07, 6.45) is 0.774. The Balaban J connectivity index is 1.97. The topological polar surface area (TPSA) is 75.4 Å². The van der Waals surface area contributed by atoms with Crippen LogP contribution in [-0.2, 0) is 4.79 Å². The number of carbonyl (C=O) groups is 2. The standard InChI is InChI=1S/C17H24ClN3O2/c1-11(20-15(22)12-4-6-13(18)7-5-12)16(23)21-9-8-14(19)17(2,3)10-21/h4-7,11,14H,8-10,19H2,1-3H3,(H,20,22). The fraction of sp³-hybridized carbons (Fsp3) is 0.529. The van der Waals surface area contributed by atoms with Crippen LogP contribution in [0.1, 0.15) is 37.6 Å². The number of halogens is 1. The lowest BCUT2D eigenvalue weighted by Gasteiger charge is -2.43. The van der Waals surface area contributed by atoms with Crippen molar-refractivity contribution < 1.29 is 9.59 Å². The van der Waals surface area contributed by atoms with Gasteiger partial charge in [-0.1, -0.05) is 25.4 Å². The van der Waals surface area contributed by atoms with Gasteiger partial charge in [-0.2, -0.15) is 0 Å². The third kappa shape index (κ3) is 4.24.